The number of nitrogens with two attached hydrogens (primary N) is 4. The van der Waals surface area contributed by atoms with E-state index >= 15 is 0 Å². The van der Waals surface area contributed by atoms with Gasteiger partial charge in [0, 0.05) is 71.0 Å². The summed E-state index contributed by atoms with van der Waals surface area (Å²) in [4.78, 5) is 67.6. The van der Waals surface area contributed by atoms with Gasteiger partial charge in [0.2, 0.25) is 16.5 Å². The Balaban J connectivity index is -0.000000589. The average Bonchev–Trinajstić information content (AvgIpc) is 0.730. The number of hydrogen-bond acceptors (Lipinski definition) is 19. The second kappa shape index (κ2) is 36.7. The van der Waals surface area contributed by atoms with Gasteiger partial charge < -0.3 is 65.8 Å². The van der Waals surface area contributed by atoms with E-state index in [-0.39, 0.29) is 180 Å². The number of halogens is 4. The van der Waals surface area contributed by atoms with Crippen LogP contribution in [0, 0.1) is 17.8 Å². The van der Waals surface area contributed by atoms with Crippen LogP contribution in [0.1, 0.15) is 172 Å². The molecule has 28 heteroatoms. The first kappa shape index (κ1) is 39.2. The summed E-state index contributed by atoms with van der Waals surface area (Å²) < 4.78 is 185. The van der Waals surface area contributed by atoms with Gasteiger partial charge in [-0.05, 0) is 119 Å². The normalized spacial score (nSPS) is 36.2. The largest absolute Gasteiger partial charge is 1.00 e. The van der Waals surface area contributed by atoms with Crippen molar-refractivity contribution in [2.75, 3.05) is 16.0 Å². The van der Waals surface area contributed by atoms with Crippen LogP contribution in [-0.2, 0) is 9.68 Å². The molecule has 14 N–H and O–H groups in total. The van der Waals surface area contributed by atoms with Gasteiger partial charge in [-0.2, -0.15) is 9.97 Å². The van der Waals surface area contributed by atoms with Crippen LogP contribution in [-0.4, -0.2) is 111 Å². The number of rotatable bonds is 9. The van der Waals surface area contributed by atoms with Gasteiger partial charge in [-0.3, -0.25) is 19.2 Å². The van der Waals surface area contributed by atoms with Gasteiger partial charge in [0.1, 0.15) is 16.8 Å². The fourth-order valence-electron chi connectivity index (χ4n) is 4.69. The first-order valence-corrected chi connectivity index (χ1v) is 19.6. The number of nitrogens with zero attached hydrogens (tertiary/aromatic N) is 6. The molecule has 386 valence electrons. The number of anilines is 3. The van der Waals surface area contributed by atoms with Crippen molar-refractivity contribution in [3.8, 4) is 0 Å². The van der Waals surface area contributed by atoms with Crippen molar-refractivity contribution in [3.05, 3.63) is 51.0 Å². The third-order valence-electron chi connectivity index (χ3n) is 7.60. The fourth-order valence-corrected chi connectivity index (χ4v) is 5.22. The molecule has 3 aliphatic rings. The number of primary amides is 3. The molecule has 0 radical (unpaired) electrons. The van der Waals surface area contributed by atoms with E-state index < -0.39 is 155 Å². The standard InChI is InChI=1S/C16H27N5O2.C12H17ClN4O2.C7H15NO.C5H3Cl2N3O.CH2O3.CH4.ClH.2K.H/c1-9-5-6-10(7-12(9)22)19-14-11(13(17)23)8-18-15(20-14)21-16(2,3)4;1-6-2-3-7(4-9(6)18)16-11-8(10(14)19)5-15-12(13)17-11;1-5-2-3-6(8)4-7(5)9;6-3-2(4(8)11)1-9-5(7)10-3;2-1-4-3;;;;;/h8-10,12,22H,5-7H2,1-4H3,(H2,17,23)(H2,18,19,20,21);5-7,9,18H,2-4H2,1H3,(H2,14,19)(H,15,16,17);5-7,9H,2-4,8H2,1H3;1H,(H2,8,11);1,3H;1H4;1H;;;/q;;;;;;;2*+1;-1/p-1/i1D3,5D2,7D2,12D;1D3,2D2,4D2,9D;1D3,2D2,4D2,7D;;;;;;;. The second-order valence-electron chi connectivity index (χ2n) is 14.0. The monoisotopic (exact) mass is 1140 g/mol. The Morgan fingerprint density at radius 3 is 1.56 bits per heavy atom. The maximum absolute atomic E-state index is 11.8. The minimum Gasteiger partial charge on any atom is -1.00 e. The number of nitrogens with one attached hydrogen (secondary N) is 3. The summed E-state index contributed by atoms with van der Waals surface area (Å²) in [5.41, 5.74) is 20.0. The third kappa shape index (κ3) is 27.3. The number of carbonyl (C=O) groups is 4. The molecule has 9 unspecified atom stereocenters. The molecular weight excluding hydrogens is 1050 g/mol. The molecule has 0 aliphatic heterocycles. The summed E-state index contributed by atoms with van der Waals surface area (Å²) in [5, 5.41) is 46.8. The van der Waals surface area contributed by atoms with Crippen LogP contribution in [0.25, 0.3) is 0 Å². The van der Waals surface area contributed by atoms with Crippen molar-refractivity contribution in [2.45, 2.75) is 148 Å². The van der Waals surface area contributed by atoms with Crippen molar-refractivity contribution >= 4 is 89.0 Å². The van der Waals surface area contributed by atoms with E-state index in [2.05, 4.69) is 50.7 Å². The van der Waals surface area contributed by atoms with E-state index in [1.807, 2.05) is 20.8 Å². The molecule has 9 atom stereocenters. The third-order valence-corrected chi connectivity index (χ3v) is 8.25. The summed E-state index contributed by atoms with van der Waals surface area (Å²) in [6.45, 7) is -3.93. The van der Waals surface area contributed by atoms with E-state index in [0.717, 1.165) is 12.4 Å². The number of amides is 3. The van der Waals surface area contributed by atoms with Gasteiger partial charge in [0.25, 0.3) is 24.2 Å². The predicted molar refractivity (Wildman–Crippen MR) is 262 cm³/mol. The summed E-state index contributed by atoms with van der Waals surface area (Å²) in [6, 6.07) is -4.67. The minimum atomic E-state index is -3.32. The Morgan fingerprint density at radius 2 is 1.16 bits per heavy atom. The van der Waals surface area contributed by atoms with Crippen molar-refractivity contribution in [1.82, 2.24) is 29.9 Å². The Morgan fingerprint density at radius 1 is 0.771 bits per heavy atom. The van der Waals surface area contributed by atoms with Crippen molar-refractivity contribution < 1.29 is 182 Å². The molecule has 70 heavy (non-hydrogen) atoms. The maximum Gasteiger partial charge on any atom is 1.00 e. The van der Waals surface area contributed by atoms with E-state index in [1.54, 1.807) is 0 Å². The summed E-state index contributed by atoms with van der Waals surface area (Å²) in [5.74, 6) is -9.84. The van der Waals surface area contributed by atoms with Gasteiger partial charge in [-0.15, -0.1) is 12.4 Å². The first-order valence-electron chi connectivity index (χ1n) is 30.4. The molecule has 0 saturated heterocycles. The molecule has 0 bridgehead atoms. The zero-order valence-electron chi connectivity index (χ0n) is 62.2. The molecule has 22 nitrogen and oxygen atoms in total. The molecule has 0 aromatic carbocycles. The fraction of sp³-hybridized carbons (Fsp3) is 0.619. The van der Waals surface area contributed by atoms with Crippen molar-refractivity contribution in [2.24, 2.45) is 40.7 Å². The molecule has 3 aromatic heterocycles. The van der Waals surface area contributed by atoms with E-state index in [4.69, 9.17) is 101 Å². The van der Waals surface area contributed by atoms with E-state index in [9.17, 15) is 29.7 Å². The number of hydrogen-bond donors (Lipinski definition) is 10. The SMILES string of the molecule is C.Cl.NC(=O)c1cnc(Cl)nc1Cl.O=CO[O-].[2H]C([2H])([2H])C1C([2H])([2H])CC(N)C([2H])([2H])C1([2H])O.[2H]C([2H])([2H])C1C([2H])([2H])CC(Nc2nc(Cl)ncc2C(N)=O)C([2H])([2H])C1([2H])O.[2H]C([2H])([2H])C1C([2H])([2H])CC(Nc2nc(NC(C)(C)C)ncc2C(N)=O)C([2H])([2H])C1([2H])O.[H-].[K+].[K+]. The van der Waals surface area contributed by atoms with E-state index in [1.165, 1.54) is 6.20 Å². The summed E-state index contributed by atoms with van der Waals surface area (Å²) in [7, 11) is 0. The van der Waals surface area contributed by atoms with Crippen LogP contribution in [0.3, 0.4) is 0 Å². The zero-order chi connectivity index (χ0) is 70.9. The zero-order valence-corrected chi connectivity index (χ0v) is 46.6. The molecule has 3 saturated carbocycles. The predicted octanol–water partition coefficient (Wildman–Crippen LogP) is -2.07. The van der Waals surface area contributed by atoms with Gasteiger partial charge in [-0.1, -0.05) is 39.6 Å². The quantitative estimate of drug-likeness (QED) is 0.0275. The smallest absolute Gasteiger partial charge is 1.00 e. The van der Waals surface area contributed by atoms with Crippen LogP contribution in [0.2, 0.25) is 15.7 Å². The number of aromatic nitrogens is 6. The molecular formula is C42H69Cl4K2N13O9. The summed E-state index contributed by atoms with van der Waals surface area (Å²) in [6.07, 6.45) is -24.7. The molecule has 3 fully saturated rings. The van der Waals surface area contributed by atoms with E-state index in [0.29, 0.717) is 0 Å². The molecule has 0 spiro atoms. The van der Waals surface area contributed by atoms with Gasteiger partial charge >= 0.3 is 103 Å². The van der Waals surface area contributed by atoms with Gasteiger partial charge in [0.15, 0.2) is 0 Å². The molecule has 3 amide bonds. The maximum atomic E-state index is 11.8. The van der Waals surface area contributed by atoms with Crippen LogP contribution in [0.15, 0.2) is 18.6 Å². The number of aliphatic hydroxyl groups is 3. The topological polar surface area (TPSA) is 379 Å². The van der Waals surface area contributed by atoms with Crippen LogP contribution in [0.5, 0.6) is 0 Å². The molecule has 3 heterocycles. The average molecular weight is 1140 g/mol. The van der Waals surface area contributed by atoms with Gasteiger partial charge in [-0.25, -0.2) is 19.9 Å². The Hall–Kier alpha value is -1.25. The minimum absolute atomic E-state index is 0. The second-order valence-corrected chi connectivity index (χ2v) is 15.0. The van der Waals surface area contributed by atoms with Crippen LogP contribution in [0.4, 0.5) is 17.6 Å². The molecule has 3 aliphatic carbocycles. The summed E-state index contributed by atoms with van der Waals surface area (Å²) >= 11 is 16.5. The van der Waals surface area contributed by atoms with Gasteiger partial charge in [0.05, 0.1) is 39.0 Å². The van der Waals surface area contributed by atoms with Crippen LogP contribution < -0.4 is 147 Å². The van der Waals surface area contributed by atoms with Crippen molar-refractivity contribution in [3.63, 3.8) is 0 Å². The number of carbonyl (C=O) groups excluding carboxylic acids is 4. The Labute approximate surface area is 551 Å². The molecule has 6 rings (SSSR count). The Kier molecular flexibility index (Phi) is 20.5. The van der Waals surface area contributed by atoms with Crippen LogP contribution >= 0.6 is 47.2 Å². The van der Waals surface area contributed by atoms with Crippen molar-refractivity contribution in [1.29, 1.82) is 0 Å². The molecule has 3 aromatic rings. The Bertz CT molecular complexity index is 3080. The first-order chi connectivity index (χ1) is 40.0.